The van der Waals surface area contributed by atoms with Crippen molar-refractivity contribution in [1.29, 1.82) is 0 Å². The molecule has 3 amide bonds. The quantitative estimate of drug-likeness (QED) is 0.599. The van der Waals surface area contributed by atoms with Crippen LogP contribution in [0.25, 0.3) is 11.1 Å². The standard InChI is InChI=1S/C26H30FN3O4/c1-4-15(2)23(25(32)29-14-17(27)13-22(29)24(28)31)30(26(33)34-3)21-11-7-10-19-18-9-6-5-8-16(18)12-20(19)21/h5-11,15,17,22-23H,4,12-14H2,1-3H3,(H2,28,31)/t15-,17+,22-,23-/m0/s1. The minimum absolute atomic E-state index is 0.136. The number of likely N-dealkylation sites (tertiary alicyclic amines) is 1. The summed E-state index contributed by atoms with van der Waals surface area (Å²) >= 11 is 0. The van der Waals surface area contributed by atoms with E-state index in [1.54, 1.807) is 6.07 Å². The molecule has 1 fully saturated rings. The van der Waals surface area contributed by atoms with Gasteiger partial charge in [0.25, 0.3) is 0 Å². The highest BCUT2D eigenvalue weighted by Crippen LogP contribution is 2.42. The summed E-state index contributed by atoms with van der Waals surface area (Å²) in [5, 5.41) is 0. The van der Waals surface area contributed by atoms with Gasteiger partial charge in [-0.1, -0.05) is 56.7 Å². The number of amides is 3. The molecular formula is C26H30FN3O4. The van der Waals surface area contributed by atoms with Gasteiger partial charge < -0.3 is 15.4 Å². The molecule has 0 bridgehead atoms. The first kappa shape index (κ1) is 23.7. The molecule has 8 heteroatoms. The van der Waals surface area contributed by atoms with Crippen molar-refractivity contribution in [2.45, 2.75) is 51.4 Å². The van der Waals surface area contributed by atoms with E-state index in [2.05, 4.69) is 0 Å². The second-order valence-electron chi connectivity index (χ2n) is 9.05. The number of methoxy groups -OCH3 is 1. The number of primary amides is 1. The fourth-order valence-corrected chi connectivity index (χ4v) is 5.13. The summed E-state index contributed by atoms with van der Waals surface area (Å²) in [5.41, 5.74) is 10.2. The monoisotopic (exact) mass is 467 g/mol. The first-order valence-corrected chi connectivity index (χ1v) is 11.6. The fraction of sp³-hybridized carbons (Fsp3) is 0.423. The zero-order valence-electron chi connectivity index (χ0n) is 19.7. The highest BCUT2D eigenvalue weighted by atomic mass is 19.1. The summed E-state index contributed by atoms with van der Waals surface area (Å²) in [7, 11) is 1.27. The number of carbonyl (C=O) groups is 3. The van der Waals surface area contributed by atoms with Crippen molar-refractivity contribution >= 4 is 23.6 Å². The van der Waals surface area contributed by atoms with Crippen molar-refractivity contribution in [1.82, 2.24) is 4.90 Å². The van der Waals surface area contributed by atoms with Crippen molar-refractivity contribution in [3.05, 3.63) is 53.6 Å². The van der Waals surface area contributed by atoms with E-state index in [0.717, 1.165) is 22.3 Å². The lowest BCUT2D eigenvalue weighted by Gasteiger charge is -2.37. The first-order chi connectivity index (χ1) is 16.3. The van der Waals surface area contributed by atoms with Gasteiger partial charge in [0.05, 0.1) is 19.3 Å². The van der Waals surface area contributed by atoms with E-state index in [0.29, 0.717) is 18.5 Å². The van der Waals surface area contributed by atoms with Crippen LogP contribution in [-0.4, -0.2) is 54.7 Å². The van der Waals surface area contributed by atoms with Crippen LogP contribution in [0.4, 0.5) is 14.9 Å². The molecular weight excluding hydrogens is 437 g/mol. The normalized spacial score (nSPS) is 20.3. The number of benzene rings is 2. The molecule has 0 radical (unpaired) electrons. The van der Waals surface area contributed by atoms with Crippen LogP contribution in [-0.2, 0) is 20.7 Å². The average molecular weight is 468 g/mol. The zero-order valence-corrected chi connectivity index (χ0v) is 19.7. The number of carbonyl (C=O) groups excluding carboxylic acids is 3. The summed E-state index contributed by atoms with van der Waals surface area (Å²) in [6.07, 6.45) is -0.984. The van der Waals surface area contributed by atoms with Gasteiger partial charge in [0.15, 0.2) is 0 Å². The fourth-order valence-electron chi connectivity index (χ4n) is 5.13. The lowest BCUT2D eigenvalue weighted by molar-refractivity contribution is -0.139. The minimum atomic E-state index is -1.35. The van der Waals surface area contributed by atoms with Crippen molar-refractivity contribution < 1.29 is 23.5 Å². The van der Waals surface area contributed by atoms with Crippen molar-refractivity contribution in [2.24, 2.45) is 11.7 Å². The Labute approximate surface area is 198 Å². The molecule has 1 aliphatic heterocycles. The molecule has 2 aromatic rings. The van der Waals surface area contributed by atoms with E-state index < -0.39 is 36.2 Å². The number of fused-ring (bicyclic) bond motifs is 3. The maximum absolute atomic E-state index is 14.3. The Kier molecular flexibility index (Phi) is 6.59. The topological polar surface area (TPSA) is 92.9 Å². The lowest BCUT2D eigenvalue weighted by Crippen LogP contribution is -2.57. The second kappa shape index (κ2) is 9.44. The first-order valence-electron chi connectivity index (χ1n) is 11.6. The van der Waals surface area contributed by atoms with Gasteiger partial charge in [-0.25, -0.2) is 9.18 Å². The Bertz CT molecular complexity index is 1120. The highest BCUT2D eigenvalue weighted by molar-refractivity contribution is 6.01. The van der Waals surface area contributed by atoms with Gasteiger partial charge in [0.2, 0.25) is 11.8 Å². The molecule has 180 valence electrons. The van der Waals surface area contributed by atoms with E-state index >= 15 is 0 Å². The summed E-state index contributed by atoms with van der Waals surface area (Å²) in [6, 6.07) is 11.6. The molecule has 0 unspecified atom stereocenters. The number of nitrogens with two attached hydrogens (primary N) is 1. The third-order valence-corrected chi connectivity index (χ3v) is 7.03. The molecule has 0 saturated carbocycles. The number of anilines is 1. The van der Waals surface area contributed by atoms with Gasteiger partial charge in [0, 0.05) is 12.8 Å². The number of hydrogen-bond acceptors (Lipinski definition) is 4. The molecule has 4 rings (SSSR count). The Balaban J connectivity index is 1.82. The third-order valence-electron chi connectivity index (χ3n) is 7.03. The summed E-state index contributed by atoms with van der Waals surface area (Å²) in [6.45, 7) is 3.55. The van der Waals surface area contributed by atoms with Gasteiger partial charge in [-0.05, 0) is 34.2 Å². The number of hydrogen-bond donors (Lipinski definition) is 1. The number of halogens is 1. The summed E-state index contributed by atoms with van der Waals surface area (Å²) in [4.78, 5) is 41.6. The van der Waals surface area contributed by atoms with Gasteiger partial charge in [0.1, 0.15) is 18.3 Å². The van der Waals surface area contributed by atoms with Crippen molar-refractivity contribution in [2.75, 3.05) is 18.6 Å². The average Bonchev–Trinajstić information content (AvgIpc) is 3.42. The van der Waals surface area contributed by atoms with Crippen LogP contribution in [0.15, 0.2) is 42.5 Å². The largest absolute Gasteiger partial charge is 0.452 e. The smallest absolute Gasteiger partial charge is 0.414 e. The van der Waals surface area contributed by atoms with Crippen LogP contribution in [0, 0.1) is 5.92 Å². The van der Waals surface area contributed by atoms with Crippen LogP contribution in [0.2, 0.25) is 0 Å². The van der Waals surface area contributed by atoms with Crippen molar-refractivity contribution in [3.8, 4) is 11.1 Å². The van der Waals surface area contributed by atoms with Crippen molar-refractivity contribution in [3.63, 3.8) is 0 Å². The van der Waals surface area contributed by atoms with E-state index in [1.165, 1.54) is 16.9 Å². The number of alkyl halides is 1. The predicted octanol–water partition coefficient (Wildman–Crippen LogP) is 3.67. The van der Waals surface area contributed by atoms with E-state index in [-0.39, 0.29) is 18.9 Å². The zero-order chi connectivity index (χ0) is 24.6. The lowest BCUT2D eigenvalue weighted by atomic mass is 9.94. The van der Waals surface area contributed by atoms with Gasteiger partial charge in [-0.15, -0.1) is 0 Å². The molecule has 7 nitrogen and oxygen atoms in total. The van der Waals surface area contributed by atoms with E-state index in [1.807, 2.05) is 50.2 Å². The van der Waals surface area contributed by atoms with Crippen LogP contribution in [0.3, 0.4) is 0 Å². The van der Waals surface area contributed by atoms with Crippen LogP contribution < -0.4 is 10.6 Å². The van der Waals surface area contributed by atoms with Gasteiger partial charge >= 0.3 is 6.09 Å². The highest BCUT2D eigenvalue weighted by Gasteiger charge is 2.46. The molecule has 4 atom stereocenters. The molecule has 1 saturated heterocycles. The van der Waals surface area contributed by atoms with Crippen LogP contribution in [0.5, 0.6) is 0 Å². The third kappa shape index (κ3) is 4.02. The van der Waals surface area contributed by atoms with E-state index in [4.69, 9.17) is 10.5 Å². The van der Waals surface area contributed by atoms with Gasteiger partial charge in [-0.3, -0.25) is 14.5 Å². The maximum atomic E-state index is 14.3. The number of rotatable bonds is 6. The molecule has 2 aromatic carbocycles. The Morgan fingerprint density at radius 1 is 1.18 bits per heavy atom. The van der Waals surface area contributed by atoms with Gasteiger partial charge in [-0.2, -0.15) is 0 Å². The summed E-state index contributed by atoms with van der Waals surface area (Å²) in [5.74, 6) is -1.55. The second-order valence-corrected chi connectivity index (χ2v) is 9.05. The molecule has 0 spiro atoms. The Morgan fingerprint density at radius 2 is 1.88 bits per heavy atom. The molecule has 34 heavy (non-hydrogen) atoms. The molecule has 2 aliphatic rings. The van der Waals surface area contributed by atoms with Crippen LogP contribution in [0.1, 0.15) is 37.8 Å². The number of ether oxygens (including phenoxy) is 1. The minimum Gasteiger partial charge on any atom is -0.452 e. The predicted molar refractivity (Wildman–Crippen MR) is 127 cm³/mol. The number of nitrogens with zero attached hydrogens (tertiary/aromatic N) is 2. The SMILES string of the molecule is CC[C@H](C)[C@@H](C(=O)N1C[C@H](F)C[C@H]1C(N)=O)N(C(=O)OC)c1cccc2c1Cc1ccccc1-2. The molecule has 2 N–H and O–H groups in total. The summed E-state index contributed by atoms with van der Waals surface area (Å²) < 4.78 is 19.4. The molecule has 1 heterocycles. The molecule has 1 aliphatic carbocycles. The maximum Gasteiger partial charge on any atom is 0.414 e. The van der Waals surface area contributed by atoms with E-state index in [9.17, 15) is 18.8 Å². The Hall–Kier alpha value is -3.42. The molecule has 0 aromatic heterocycles. The Morgan fingerprint density at radius 3 is 2.56 bits per heavy atom. The van der Waals surface area contributed by atoms with Crippen LogP contribution >= 0.6 is 0 Å².